The average molecular weight is 271 g/mol. The SMILES string of the molecule is C[C@H](N)c1ccc(OCc2cccnc2C#N)cc1F. The van der Waals surface area contributed by atoms with E-state index in [0.717, 1.165) is 0 Å². The summed E-state index contributed by atoms with van der Waals surface area (Å²) in [4.78, 5) is 3.93. The third-order valence-electron chi connectivity index (χ3n) is 2.85. The van der Waals surface area contributed by atoms with Gasteiger partial charge in [-0.05, 0) is 19.1 Å². The Morgan fingerprint density at radius 1 is 1.45 bits per heavy atom. The number of pyridine rings is 1. The maximum atomic E-state index is 13.7. The molecule has 0 radical (unpaired) electrons. The highest BCUT2D eigenvalue weighted by atomic mass is 19.1. The summed E-state index contributed by atoms with van der Waals surface area (Å²) < 4.78 is 19.2. The van der Waals surface area contributed by atoms with Crippen molar-refractivity contribution < 1.29 is 9.13 Å². The third kappa shape index (κ3) is 3.11. The van der Waals surface area contributed by atoms with Crippen molar-refractivity contribution in [2.75, 3.05) is 0 Å². The van der Waals surface area contributed by atoms with Crippen LogP contribution in [-0.2, 0) is 6.61 Å². The first kappa shape index (κ1) is 14.0. The molecular weight excluding hydrogens is 257 g/mol. The summed E-state index contributed by atoms with van der Waals surface area (Å²) in [5.41, 5.74) is 7.05. The molecule has 5 heteroatoms. The fourth-order valence-corrected chi connectivity index (χ4v) is 1.78. The summed E-state index contributed by atoms with van der Waals surface area (Å²) in [7, 11) is 0. The Labute approximate surface area is 116 Å². The van der Waals surface area contributed by atoms with Crippen LogP contribution in [0.2, 0.25) is 0 Å². The van der Waals surface area contributed by atoms with Gasteiger partial charge in [0, 0.05) is 29.4 Å². The number of benzene rings is 1. The molecule has 4 nitrogen and oxygen atoms in total. The molecule has 20 heavy (non-hydrogen) atoms. The molecule has 0 amide bonds. The molecule has 0 saturated heterocycles. The summed E-state index contributed by atoms with van der Waals surface area (Å²) >= 11 is 0. The van der Waals surface area contributed by atoms with Crippen molar-refractivity contribution in [3.05, 3.63) is 59.2 Å². The predicted molar refractivity (Wildman–Crippen MR) is 72.3 cm³/mol. The van der Waals surface area contributed by atoms with Crippen LogP contribution in [0.3, 0.4) is 0 Å². The van der Waals surface area contributed by atoms with Gasteiger partial charge in [-0.15, -0.1) is 0 Å². The van der Waals surface area contributed by atoms with Crippen molar-refractivity contribution in [3.8, 4) is 11.8 Å². The average Bonchev–Trinajstić information content (AvgIpc) is 2.45. The van der Waals surface area contributed by atoms with Gasteiger partial charge in [-0.3, -0.25) is 0 Å². The monoisotopic (exact) mass is 271 g/mol. The van der Waals surface area contributed by atoms with Gasteiger partial charge in [-0.25, -0.2) is 9.37 Å². The summed E-state index contributed by atoms with van der Waals surface area (Å²) in [6.45, 7) is 1.88. The fourth-order valence-electron chi connectivity index (χ4n) is 1.78. The Kier molecular flexibility index (Phi) is 4.28. The summed E-state index contributed by atoms with van der Waals surface area (Å²) in [5, 5.41) is 8.92. The molecule has 0 aliphatic rings. The molecule has 102 valence electrons. The molecular formula is C15H14FN3O. The van der Waals surface area contributed by atoms with E-state index in [1.54, 1.807) is 37.4 Å². The first-order chi connectivity index (χ1) is 9.61. The minimum atomic E-state index is -0.399. The van der Waals surface area contributed by atoms with Crippen LogP contribution in [0, 0.1) is 17.1 Å². The Bertz CT molecular complexity index is 650. The number of nitrogens with zero attached hydrogens (tertiary/aromatic N) is 2. The normalized spacial score (nSPS) is 11.7. The molecule has 1 heterocycles. The molecule has 0 unspecified atom stereocenters. The van der Waals surface area contributed by atoms with Crippen molar-refractivity contribution in [3.63, 3.8) is 0 Å². The van der Waals surface area contributed by atoms with Crippen LogP contribution in [0.5, 0.6) is 5.75 Å². The van der Waals surface area contributed by atoms with E-state index in [1.165, 1.54) is 6.07 Å². The van der Waals surface area contributed by atoms with E-state index in [-0.39, 0.29) is 12.6 Å². The number of ether oxygens (including phenoxy) is 1. The minimum Gasteiger partial charge on any atom is -0.489 e. The first-order valence-electron chi connectivity index (χ1n) is 6.13. The molecule has 0 fully saturated rings. The summed E-state index contributed by atoms with van der Waals surface area (Å²) in [6.07, 6.45) is 1.54. The quantitative estimate of drug-likeness (QED) is 0.928. The van der Waals surface area contributed by atoms with Crippen molar-refractivity contribution in [1.29, 1.82) is 5.26 Å². The Morgan fingerprint density at radius 2 is 2.25 bits per heavy atom. The van der Waals surface area contributed by atoms with Gasteiger partial charge in [0.15, 0.2) is 0 Å². The van der Waals surface area contributed by atoms with E-state index in [2.05, 4.69) is 4.98 Å². The molecule has 0 saturated carbocycles. The van der Waals surface area contributed by atoms with E-state index in [1.807, 2.05) is 6.07 Å². The smallest absolute Gasteiger partial charge is 0.147 e. The van der Waals surface area contributed by atoms with Gasteiger partial charge in [0.1, 0.15) is 29.9 Å². The molecule has 1 atom stereocenters. The number of rotatable bonds is 4. The van der Waals surface area contributed by atoms with E-state index in [4.69, 9.17) is 15.7 Å². The Balaban J connectivity index is 2.12. The van der Waals surface area contributed by atoms with Crippen LogP contribution in [0.15, 0.2) is 36.5 Å². The molecule has 0 spiro atoms. The lowest BCUT2D eigenvalue weighted by molar-refractivity contribution is 0.303. The molecule has 2 rings (SSSR count). The Hall–Kier alpha value is -2.45. The molecule has 2 N–H and O–H groups in total. The number of aromatic nitrogens is 1. The Morgan fingerprint density at radius 3 is 2.90 bits per heavy atom. The molecule has 0 aliphatic carbocycles. The molecule has 1 aromatic carbocycles. The van der Waals surface area contributed by atoms with Crippen LogP contribution in [0.1, 0.15) is 29.8 Å². The highest BCUT2D eigenvalue weighted by Crippen LogP contribution is 2.21. The number of halogens is 1. The van der Waals surface area contributed by atoms with Gasteiger partial charge in [0.25, 0.3) is 0 Å². The molecule has 0 bridgehead atoms. The second-order valence-corrected chi connectivity index (χ2v) is 4.38. The topological polar surface area (TPSA) is 71.9 Å². The van der Waals surface area contributed by atoms with Crippen LogP contribution < -0.4 is 10.5 Å². The van der Waals surface area contributed by atoms with Crippen molar-refractivity contribution >= 4 is 0 Å². The summed E-state index contributed by atoms with van der Waals surface area (Å²) in [6, 6.07) is 9.64. The van der Waals surface area contributed by atoms with Gasteiger partial charge in [-0.1, -0.05) is 12.1 Å². The van der Waals surface area contributed by atoms with Crippen LogP contribution in [-0.4, -0.2) is 4.98 Å². The standard InChI is InChI=1S/C15H14FN3O/c1-10(18)13-5-4-12(7-14(13)16)20-9-11-3-2-6-19-15(11)8-17/h2-7,10H,9,18H2,1H3/t10-/m0/s1. The first-order valence-corrected chi connectivity index (χ1v) is 6.13. The molecule has 1 aromatic heterocycles. The van der Waals surface area contributed by atoms with Gasteiger partial charge in [0.05, 0.1) is 0 Å². The highest BCUT2D eigenvalue weighted by molar-refractivity contribution is 5.33. The number of nitriles is 1. The van der Waals surface area contributed by atoms with Gasteiger partial charge in [-0.2, -0.15) is 5.26 Å². The van der Waals surface area contributed by atoms with Crippen molar-refractivity contribution in [1.82, 2.24) is 4.98 Å². The zero-order chi connectivity index (χ0) is 14.5. The fraction of sp³-hybridized carbons (Fsp3) is 0.200. The number of nitrogens with two attached hydrogens (primary N) is 1. The summed E-state index contributed by atoms with van der Waals surface area (Å²) in [5.74, 6) is -0.0103. The lowest BCUT2D eigenvalue weighted by Gasteiger charge is -2.10. The van der Waals surface area contributed by atoms with E-state index < -0.39 is 5.82 Å². The predicted octanol–water partition coefficient (Wildman–Crippen LogP) is 2.69. The number of hydrogen-bond donors (Lipinski definition) is 1. The van der Waals surface area contributed by atoms with Gasteiger partial charge >= 0.3 is 0 Å². The lowest BCUT2D eigenvalue weighted by atomic mass is 10.1. The minimum absolute atomic E-state index is 0.160. The van der Waals surface area contributed by atoms with Crippen LogP contribution in [0.25, 0.3) is 0 Å². The maximum absolute atomic E-state index is 13.7. The third-order valence-corrected chi connectivity index (χ3v) is 2.85. The van der Waals surface area contributed by atoms with Crippen LogP contribution >= 0.6 is 0 Å². The van der Waals surface area contributed by atoms with Crippen LogP contribution in [0.4, 0.5) is 4.39 Å². The zero-order valence-electron chi connectivity index (χ0n) is 11.0. The van der Waals surface area contributed by atoms with E-state index >= 15 is 0 Å². The van der Waals surface area contributed by atoms with E-state index in [0.29, 0.717) is 22.6 Å². The van der Waals surface area contributed by atoms with Crippen molar-refractivity contribution in [2.24, 2.45) is 5.73 Å². The number of hydrogen-bond acceptors (Lipinski definition) is 4. The molecule has 2 aromatic rings. The second-order valence-electron chi connectivity index (χ2n) is 4.38. The second kappa shape index (κ2) is 6.13. The van der Waals surface area contributed by atoms with Gasteiger partial charge < -0.3 is 10.5 Å². The largest absolute Gasteiger partial charge is 0.489 e. The molecule has 0 aliphatic heterocycles. The zero-order valence-corrected chi connectivity index (χ0v) is 11.0. The van der Waals surface area contributed by atoms with Gasteiger partial charge in [0.2, 0.25) is 0 Å². The highest BCUT2D eigenvalue weighted by Gasteiger charge is 2.09. The maximum Gasteiger partial charge on any atom is 0.147 e. The van der Waals surface area contributed by atoms with Crippen molar-refractivity contribution in [2.45, 2.75) is 19.6 Å². The lowest BCUT2D eigenvalue weighted by Crippen LogP contribution is -2.07. The van der Waals surface area contributed by atoms with E-state index in [9.17, 15) is 4.39 Å².